The van der Waals surface area contributed by atoms with Crippen LogP contribution in [0.15, 0.2) is 33.8 Å². The van der Waals surface area contributed by atoms with Gasteiger partial charge in [0.2, 0.25) is 11.4 Å². The van der Waals surface area contributed by atoms with E-state index in [0.717, 1.165) is 35.1 Å². The van der Waals surface area contributed by atoms with Crippen LogP contribution < -0.4 is 4.74 Å². The van der Waals surface area contributed by atoms with E-state index in [1.165, 1.54) is 22.3 Å². The summed E-state index contributed by atoms with van der Waals surface area (Å²) in [5.74, 6) is 1.10. The molecule has 0 N–H and O–H groups in total. The van der Waals surface area contributed by atoms with Crippen molar-refractivity contribution in [3.05, 3.63) is 50.5 Å². The molecule has 0 aromatic heterocycles. The summed E-state index contributed by atoms with van der Waals surface area (Å²) in [6, 6.07) is 4.59. The maximum atomic E-state index is 13.4. The zero-order chi connectivity index (χ0) is 19.8. The first-order chi connectivity index (χ1) is 12.4. The molecule has 1 spiro atoms. The molecule has 0 amide bonds. The maximum absolute atomic E-state index is 13.4. The van der Waals surface area contributed by atoms with Crippen LogP contribution in [-0.2, 0) is 23.1 Å². The number of carbonyl (C=O) groups excluding carboxylic acids is 1. The van der Waals surface area contributed by atoms with E-state index < -0.39 is 5.60 Å². The molecule has 3 heteroatoms. The third-order valence-corrected chi connectivity index (χ3v) is 7.24. The van der Waals surface area contributed by atoms with E-state index in [2.05, 4.69) is 75.7 Å². The quantitative estimate of drug-likeness (QED) is 0.491. The molecule has 1 unspecified atom stereocenters. The summed E-state index contributed by atoms with van der Waals surface area (Å²) in [5.41, 5.74) is 5.15. The van der Waals surface area contributed by atoms with Gasteiger partial charge in [-0.1, -0.05) is 75.7 Å². The van der Waals surface area contributed by atoms with Gasteiger partial charge in [0, 0.05) is 12.0 Å². The van der Waals surface area contributed by atoms with E-state index in [-0.39, 0.29) is 16.6 Å². The Kier molecular flexibility index (Phi) is 4.10. The third-order valence-electron chi connectivity index (χ3n) is 6.17. The number of ketones is 1. The van der Waals surface area contributed by atoms with Crippen LogP contribution in [0.2, 0.25) is 0 Å². The third kappa shape index (κ3) is 2.85. The molecule has 2 heterocycles. The average Bonchev–Trinajstić information content (AvgIpc) is 2.56. The fourth-order valence-electron chi connectivity index (χ4n) is 4.42. The Bertz CT molecular complexity index is 906. The molecule has 2 nitrogen and oxygen atoms in total. The van der Waals surface area contributed by atoms with Crippen LogP contribution in [0.3, 0.4) is 0 Å². The number of benzene rings is 1. The summed E-state index contributed by atoms with van der Waals surface area (Å²) in [6.07, 6.45) is 5.33. The van der Waals surface area contributed by atoms with Crippen molar-refractivity contribution in [1.29, 1.82) is 0 Å². The molecule has 1 aromatic carbocycles. The Morgan fingerprint density at radius 2 is 1.59 bits per heavy atom. The maximum Gasteiger partial charge on any atom is 0.207 e. The minimum atomic E-state index is -0.877. The summed E-state index contributed by atoms with van der Waals surface area (Å²) >= 11 is 3.81. The number of hydrogen-bond donors (Lipinski definition) is 0. The number of ether oxygens (including phenoxy) is 1. The molecule has 0 saturated heterocycles. The van der Waals surface area contributed by atoms with Crippen molar-refractivity contribution in [1.82, 2.24) is 0 Å². The highest BCUT2D eigenvalue weighted by Gasteiger charge is 2.52. The number of Topliss-reactive ketones (excluding diaryl/α,β-unsaturated/α-hetero) is 1. The van der Waals surface area contributed by atoms with Gasteiger partial charge in [-0.05, 0) is 52.4 Å². The fourth-order valence-corrected chi connectivity index (χ4v) is 5.59. The minimum Gasteiger partial charge on any atom is -0.473 e. The first kappa shape index (κ1) is 19.0. The van der Waals surface area contributed by atoms with E-state index >= 15 is 0 Å². The van der Waals surface area contributed by atoms with Gasteiger partial charge in [-0.25, -0.2) is 0 Å². The Morgan fingerprint density at radius 3 is 2.19 bits per heavy atom. The lowest BCUT2D eigenvalue weighted by atomic mass is 9.71. The Morgan fingerprint density at radius 1 is 0.963 bits per heavy atom. The molecule has 0 radical (unpaired) electrons. The first-order valence-corrected chi connectivity index (χ1v) is 10.7. The molecule has 144 valence electrons. The van der Waals surface area contributed by atoms with Crippen LogP contribution in [0.4, 0.5) is 0 Å². The molecule has 4 rings (SSSR count). The average molecular weight is 429 g/mol. The summed E-state index contributed by atoms with van der Waals surface area (Å²) in [7, 11) is 0. The molecule has 3 aliphatic rings. The van der Waals surface area contributed by atoms with Crippen molar-refractivity contribution in [2.45, 2.75) is 78.2 Å². The second-order valence-electron chi connectivity index (χ2n) is 10.3. The van der Waals surface area contributed by atoms with Crippen LogP contribution in [0.25, 0.3) is 0 Å². The minimum absolute atomic E-state index is 0.0421. The van der Waals surface area contributed by atoms with Gasteiger partial charge in [-0.3, -0.25) is 4.79 Å². The van der Waals surface area contributed by atoms with Crippen molar-refractivity contribution < 1.29 is 9.53 Å². The molecule has 3 bridgehead atoms. The molecular weight excluding hydrogens is 400 g/mol. The predicted octanol–water partition coefficient (Wildman–Crippen LogP) is 6.20. The number of rotatable bonds is 0. The van der Waals surface area contributed by atoms with E-state index in [1.807, 2.05) is 0 Å². The molecule has 2 aliphatic heterocycles. The fraction of sp³-hybridized carbons (Fsp3) is 0.542. The molecular formula is C24H29BrO2. The SMILES string of the molecule is CC(C)(C)C1=C(Br)C23CCc4cc(C(C)(C)C)cc(c4O2)CCC(=C1)C3=O. The second-order valence-corrected chi connectivity index (χ2v) is 11.1. The van der Waals surface area contributed by atoms with Crippen LogP contribution in [0, 0.1) is 5.41 Å². The largest absolute Gasteiger partial charge is 0.473 e. The van der Waals surface area contributed by atoms with Gasteiger partial charge in [0.15, 0.2) is 0 Å². The number of carbonyl (C=O) groups is 1. The van der Waals surface area contributed by atoms with Crippen LogP contribution in [0.5, 0.6) is 5.75 Å². The number of hydrogen-bond acceptors (Lipinski definition) is 2. The second kappa shape index (κ2) is 5.83. The smallest absolute Gasteiger partial charge is 0.207 e. The topological polar surface area (TPSA) is 26.3 Å². The molecule has 1 aliphatic carbocycles. The van der Waals surface area contributed by atoms with Gasteiger partial charge in [-0.2, -0.15) is 0 Å². The number of allylic oxidation sites excluding steroid dienone is 2. The zero-order valence-electron chi connectivity index (χ0n) is 17.3. The monoisotopic (exact) mass is 428 g/mol. The lowest BCUT2D eigenvalue weighted by molar-refractivity contribution is -0.129. The molecule has 0 saturated carbocycles. The summed E-state index contributed by atoms with van der Waals surface area (Å²) < 4.78 is 7.56. The highest BCUT2D eigenvalue weighted by molar-refractivity contribution is 9.11. The van der Waals surface area contributed by atoms with Crippen LogP contribution >= 0.6 is 15.9 Å². The van der Waals surface area contributed by atoms with Crippen molar-refractivity contribution in [3.63, 3.8) is 0 Å². The standard InChI is InChI=1S/C24H29BrO2/c1-22(2,3)17-11-14-7-8-16-13-18(23(4,5)6)20(25)24(21(16)26)10-9-15(12-17)19(14)27-24/h11-13H,7-10H2,1-6H3. The van der Waals surface area contributed by atoms with Crippen molar-refractivity contribution in [3.8, 4) is 5.75 Å². The van der Waals surface area contributed by atoms with E-state index in [4.69, 9.17) is 4.74 Å². The molecule has 1 atom stereocenters. The van der Waals surface area contributed by atoms with Crippen molar-refractivity contribution in [2.75, 3.05) is 0 Å². The van der Waals surface area contributed by atoms with Gasteiger partial charge >= 0.3 is 0 Å². The zero-order valence-corrected chi connectivity index (χ0v) is 18.8. The highest BCUT2D eigenvalue weighted by Crippen LogP contribution is 2.51. The van der Waals surface area contributed by atoms with Gasteiger partial charge in [0.25, 0.3) is 0 Å². The van der Waals surface area contributed by atoms with Crippen molar-refractivity contribution in [2.24, 2.45) is 5.41 Å². The van der Waals surface area contributed by atoms with E-state index in [9.17, 15) is 4.79 Å². The molecule has 27 heavy (non-hydrogen) atoms. The van der Waals surface area contributed by atoms with Crippen LogP contribution in [0.1, 0.15) is 71.1 Å². The van der Waals surface area contributed by atoms with Gasteiger partial charge in [-0.15, -0.1) is 0 Å². The number of fused-ring (bicyclic) bond motifs is 1. The van der Waals surface area contributed by atoms with Gasteiger partial charge in [0.1, 0.15) is 5.75 Å². The Balaban J connectivity index is 1.94. The van der Waals surface area contributed by atoms with Gasteiger partial charge in [0.05, 0.1) is 4.48 Å². The van der Waals surface area contributed by atoms with Crippen molar-refractivity contribution >= 4 is 21.7 Å². The molecule has 0 fully saturated rings. The van der Waals surface area contributed by atoms with Gasteiger partial charge < -0.3 is 4.74 Å². The summed E-state index contributed by atoms with van der Waals surface area (Å²) in [6.45, 7) is 13.4. The van der Waals surface area contributed by atoms with E-state index in [0.29, 0.717) is 6.42 Å². The molecule has 1 aromatic rings. The van der Waals surface area contributed by atoms with Crippen LogP contribution in [-0.4, -0.2) is 11.4 Å². The number of halogens is 1. The Hall–Kier alpha value is -1.35. The van der Waals surface area contributed by atoms with E-state index in [1.54, 1.807) is 0 Å². The normalized spacial score (nSPS) is 24.9. The number of aryl methyl sites for hydroxylation is 2. The summed E-state index contributed by atoms with van der Waals surface area (Å²) in [4.78, 5) is 13.4. The lowest BCUT2D eigenvalue weighted by Crippen LogP contribution is -2.51. The highest BCUT2D eigenvalue weighted by atomic mass is 79.9. The Labute approximate surface area is 171 Å². The summed E-state index contributed by atoms with van der Waals surface area (Å²) in [5, 5.41) is 0. The first-order valence-electron chi connectivity index (χ1n) is 9.95. The predicted molar refractivity (Wildman–Crippen MR) is 114 cm³/mol. The lowest BCUT2D eigenvalue weighted by Gasteiger charge is -2.44.